The number of nitrogens with zero attached hydrogens (tertiary/aromatic N) is 2. The van der Waals surface area contributed by atoms with Crippen molar-refractivity contribution >= 4 is 23.3 Å². The molecule has 0 aliphatic carbocycles. The molecule has 0 atom stereocenters. The standard InChI is InChI=1S/C15H13F3N2OS/c1-19-9-20(22-14-7-6-12(21)8-13(14)19)11-4-2-10(3-5-11)15(16,17)18/h2-8,21H,9H2,1H3. The summed E-state index contributed by atoms with van der Waals surface area (Å²) in [6, 6.07) is 10.2. The second kappa shape index (κ2) is 5.31. The molecule has 0 bridgehead atoms. The lowest BCUT2D eigenvalue weighted by Gasteiger charge is -2.36. The molecule has 22 heavy (non-hydrogen) atoms. The van der Waals surface area contributed by atoms with Gasteiger partial charge in [0.1, 0.15) is 12.4 Å². The fourth-order valence-electron chi connectivity index (χ4n) is 2.25. The van der Waals surface area contributed by atoms with Crippen LogP contribution in [0.1, 0.15) is 5.56 Å². The van der Waals surface area contributed by atoms with E-state index in [4.69, 9.17) is 0 Å². The summed E-state index contributed by atoms with van der Waals surface area (Å²) in [5, 5.41) is 9.54. The first-order chi connectivity index (χ1) is 10.3. The molecule has 0 saturated carbocycles. The molecule has 1 aliphatic rings. The zero-order chi connectivity index (χ0) is 15.9. The largest absolute Gasteiger partial charge is 0.508 e. The smallest absolute Gasteiger partial charge is 0.416 e. The highest BCUT2D eigenvalue weighted by Crippen LogP contribution is 2.41. The fraction of sp³-hybridized carbons (Fsp3) is 0.200. The summed E-state index contributed by atoms with van der Waals surface area (Å²) in [7, 11) is 1.87. The van der Waals surface area contributed by atoms with Crippen LogP contribution in [0.3, 0.4) is 0 Å². The Morgan fingerprint density at radius 1 is 1.09 bits per heavy atom. The minimum Gasteiger partial charge on any atom is -0.508 e. The van der Waals surface area contributed by atoms with Crippen molar-refractivity contribution in [2.75, 3.05) is 22.9 Å². The number of phenols is 1. The van der Waals surface area contributed by atoms with Gasteiger partial charge >= 0.3 is 6.18 Å². The molecule has 1 heterocycles. The lowest BCUT2D eigenvalue weighted by atomic mass is 10.2. The molecule has 0 spiro atoms. The van der Waals surface area contributed by atoms with Crippen LogP contribution in [-0.4, -0.2) is 18.8 Å². The van der Waals surface area contributed by atoms with Gasteiger partial charge in [-0.15, -0.1) is 0 Å². The number of rotatable bonds is 1. The number of alkyl halides is 3. The quantitative estimate of drug-likeness (QED) is 0.789. The first-order valence-corrected chi connectivity index (χ1v) is 7.29. The van der Waals surface area contributed by atoms with E-state index in [0.717, 1.165) is 22.7 Å². The molecule has 3 nitrogen and oxygen atoms in total. The van der Waals surface area contributed by atoms with Gasteiger partial charge < -0.3 is 10.0 Å². The average molecular weight is 326 g/mol. The molecule has 1 aliphatic heterocycles. The van der Waals surface area contributed by atoms with Crippen LogP contribution < -0.4 is 9.21 Å². The number of phenolic OH excluding ortho intramolecular Hbond substituents is 1. The van der Waals surface area contributed by atoms with Crippen molar-refractivity contribution in [2.45, 2.75) is 11.1 Å². The molecule has 3 rings (SSSR count). The van der Waals surface area contributed by atoms with Crippen LogP contribution in [0, 0.1) is 0 Å². The average Bonchev–Trinajstić information content (AvgIpc) is 2.47. The van der Waals surface area contributed by atoms with Gasteiger partial charge in [0.15, 0.2) is 0 Å². The minimum absolute atomic E-state index is 0.189. The van der Waals surface area contributed by atoms with Gasteiger partial charge in [0.25, 0.3) is 0 Å². The number of fused-ring (bicyclic) bond motifs is 1. The van der Waals surface area contributed by atoms with Gasteiger partial charge in [0.05, 0.1) is 16.1 Å². The van der Waals surface area contributed by atoms with Crippen LogP contribution in [0.4, 0.5) is 24.5 Å². The summed E-state index contributed by atoms with van der Waals surface area (Å²) >= 11 is 1.44. The van der Waals surface area contributed by atoms with E-state index in [-0.39, 0.29) is 5.75 Å². The number of benzene rings is 2. The highest BCUT2D eigenvalue weighted by atomic mass is 32.2. The summed E-state index contributed by atoms with van der Waals surface area (Å²) in [4.78, 5) is 2.87. The molecule has 2 aromatic carbocycles. The van der Waals surface area contributed by atoms with Crippen LogP contribution in [0.25, 0.3) is 0 Å². The Balaban J connectivity index is 1.87. The number of aromatic hydroxyl groups is 1. The van der Waals surface area contributed by atoms with Crippen molar-refractivity contribution in [1.82, 2.24) is 0 Å². The van der Waals surface area contributed by atoms with Gasteiger partial charge in [-0.05, 0) is 48.3 Å². The maximum atomic E-state index is 12.6. The molecular weight excluding hydrogens is 313 g/mol. The third-order valence-corrected chi connectivity index (χ3v) is 4.47. The first kappa shape index (κ1) is 14.9. The lowest BCUT2D eigenvalue weighted by Crippen LogP contribution is -2.35. The SMILES string of the molecule is CN1CN(c2ccc(C(F)(F)F)cc2)Sc2ccc(O)cc21. The third-order valence-electron chi connectivity index (χ3n) is 3.39. The zero-order valence-corrected chi connectivity index (χ0v) is 12.4. The van der Waals surface area contributed by atoms with E-state index in [9.17, 15) is 18.3 Å². The fourth-order valence-corrected chi connectivity index (χ4v) is 3.38. The van der Waals surface area contributed by atoms with Crippen LogP contribution >= 0.6 is 11.9 Å². The van der Waals surface area contributed by atoms with Crippen molar-refractivity contribution in [1.29, 1.82) is 0 Å². The minimum atomic E-state index is -4.32. The van der Waals surface area contributed by atoms with Crippen LogP contribution in [0.2, 0.25) is 0 Å². The Morgan fingerprint density at radius 2 is 1.77 bits per heavy atom. The van der Waals surface area contributed by atoms with Crippen LogP contribution in [0.5, 0.6) is 5.75 Å². The lowest BCUT2D eigenvalue weighted by molar-refractivity contribution is -0.137. The Morgan fingerprint density at radius 3 is 2.41 bits per heavy atom. The molecule has 0 saturated heterocycles. The van der Waals surface area contributed by atoms with Crippen molar-refractivity contribution in [3.8, 4) is 5.75 Å². The second-order valence-corrected chi connectivity index (χ2v) is 6.07. The van der Waals surface area contributed by atoms with Crippen LogP contribution in [-0.2, 0) is 6.18 Å². The van der Waals surface area contributed by atoms with Crippen LogP contribution in [0.15, 0.2) is 47.4 Å². The van der Waals surface area contributed by atoms with Crippen molar-refractivity contribution in [3.63, 3.8) is 0 Å². The Bertz CT molecular complexity index is 688. The number of hydrogen-bond donors (Lipinski definition) is 1. The number of hydrogen-bond acceptors (Lipinski definition) is 4. The van der Waals surface area contributed by atoms with Gasteiger partial charge in [-0.1, -0.05) is 0 Å². The summed E-state index contributed by atoms with van der Waals surface area (Å²) in [6.07, 6.45) is -4.32. The second-order valence-electron chi connectivity index (χ2n) is 5.01. The van der Waals surface area contributed by atoms with Gasteiger partial charge in [-0.25, -0.2) is 0 Å². The molecule has 1 N–H and O–H groups in total. The van der Waals surface area contributed by atoms with E-state index in [1.807, 2.05) is 16.3 Å². The summed E-state index contributed by atoms with van der Waals surface area (Å²) in [5.41, 5.74) is 0.939. The molecule has 0 unspecified atom stereocenters. The van der Waals surface area contributed by atoms with Crippen molar-refractivity contribution in [2.24, 2.45) is 0 Å². The Labute approximate surface area is 130 Å². The highest BCUT2D eigenvalue weighted by molar-refractivity contribution is 8.00. The molecular formula is C15H13F3N2OS. The van der Waals surface area contributed by atoms with Gasteiger partial charge in [0, 0.05) is 18.8 Å². The van der Waals surface area contributed by atoms with Crippen molar-refractivity contribution < 1.29 is 18.3 Å². The molecule has 2 aromatic rings. The highest BCUT2D eigenvalue weighted by Gasteiger charge is 2.30. The van der Waals surface area contributed by atoms with E-state index < -0.39 is 11.7 Å². The van der Waals surface area contributed by atoms with E-state index in [1.165, 1.54) is 24.1 Å². The predicted octanol–water partition coefficient (Wildman–Crippen LogP) is 4.33. The normalized spacial score (nSPS) is 14.9. The maximum Gasteiger partial charge on any atom is 0.416 e. The summed E-state index contributed by atoms with van der Waals surface area (Å²) in [5.74, 6) is 0.189. The zero-order valence-electron chi connectivity index (χ0n) is 11.6. The summed E-state index contributed by atoms with van der Waals surface area (Å²) in [6.45, 7) is 0.506. The topological polar surface area (TPSA) is 26.7 Å². The van der Waals surface area contributed by atoms with E-state index in [0.29, 0.717) is 12.4 Å². The number of anilines is 2. The number of halogens is 3. The molecule has 0 amide bonds. The van der Waals surface area contributed by atoms with Crippen molar-refractivity contribution in [3.05, 3.63) is 48.0 Å². The van der Waals surface area contributed by atoms with E-state index >= 15 is 0 Å². The first-order valence-electron chi connectivity index (χ1n) is 6.51. The van der Waals surface area contributed by atoms with E-state index in [1.54, 1.807) is 18.2 Å². The monoisotopic (exact) mass is 326 g/mol. The molecule has 116 valence electrons. The summed E-state index contributed by atoms with van der Waals surface area (Å²) < 4.78 is 39.7. The molecule has 0 fully saturated rings. The van der Waals surface area contributed by atoms with E-state index in [2.05, 4.69) is 0 Å². The predicted molar refractivity (Wildman–Crippen MR) is 81.2 cm³/mol. The maximum absolute atomic E-state index is 12.6. The third kappa shape index (κ3) is 2.81. The molecule has 7 heteroatoms. The molecule has 0 radical (unpaired) electrons. The van der Waals surface area contributed by atoms with Gasteiger partial charge in [0.2, 0.25) is 0 Å². The van der Waals surface area contributed by atoms with Gasteiger partial charge in [-0.3, -0.25) is 4.31 Å². The Hall–Kier alpha value is -2.02. The molecule has 0 aromatic heterocycles. The Kier molecular flexibility index (Phi) is 3.60. The van der Waals surface area contributed by atoms with Gasteiger partial charge in [-0.2, -0.15) is 13.2 Å².